The molecule has 0 amide bonds. The molecule has 0 fully saturated rings. The van der Waals surface area contributed by atoms with Gasteiger partial charge in [-0.2, -0.15) is 0 Å². The third-order valence-corrected chi connectivity index (χ3v) is 1.34. The molecule has 0 spiro atoms. The van der Waals surface area contributed by atoms with E-state index in [1.54, 1.807) is 5.92 Å². The third-order valence-electron chi connectivity index (χ3n) is 0.554. The van der Waals surface area contributed by atoms with Gasteiger partial charge in [-0.3, -0.25) is 4.79 Å². The SMILES string of the molecule is C#CC(=O)CS(C)(=O)=O. The van der Waals surface area contributed by atoms with Crippen molar-refractivity contribution in [2.45, 2.75) is 0 Å². The minimum absolute atomic E-state index is 0.552. The number of carbonyl (C=O) groups is 1. The predicted molar refractivity (Wildman–Crippen MR) is 33.6 cm³/mol. The molecule has 0 atom stereocenters. The van der Waals surface area contributed by atoms with E-state index in [0.717, 1.165) is 6.26 Å². The largest absolute Gasteiger partial charge is 0.284 e. The number of rotatable bonds is 2. The first-order chi connectivity index (χ1) is 3.95. The van der Waals surface area contributed by atoms with E-state index < -0.39 is 21.4 Å². The van der Waals surface area contributed by atoms with E-state index in [1.165, 1.54) is 0 Å². The lowest BCUT2D eigenvalue weighted by molar-refractivity contribution is -0.111. The highest BCUT2D eigenvalue weighted by atomic mass is 32.2. The van der Waals surface area contributed by atoms with Crippen molar-refractivity contribution in [3.8, 4) is 12.3 Å². The summed E-state index contributed by atoms with van der Waals surface area (Å²) in [5.41, 5.74) is 0. The summed E-state index contributed by atoms with van der Waals surface area (Å²) in [4.78, 5) is 10.2. The number of hydrogen-bond donors (Lipinski definition) is 0. The fraction of sp³-hybridized carbons (Fsp3) is 0.400. The Bertz CT molecular complexity index is 242. The number of Topliss-reactive ketones (excluding diaryl/α,β-unsaturated/α-hetero) is 1. The van der Waals surface area contributed by atoms with Gasteiger partial charge < -0.3 is 0 Å². The van der Waals surface area contributed by atoms with E-state index in [0.29, 0.717) is 0 Å². The van der Waals surface area contributed by atoms with Gasteiger partial charge in [0.25, 0.3) is 0 Å². The van der Waals surface area contributed by atoms with Crippen LogP contribution < -0.4 is 0 Å². The van der Waals surface area contributed by atoms with Gasteiger partial charge in [-0.05, 0) is 5.92 Å². The fourth-order valence-electron chi connectivity index (χ4n) is 0.280. The lowest BCUT2D eigenvalue weighted by atomic mass is 10.5. The third kappa shape index (κ3) is 5.04. The molecule has 0 N–H and O–H groups in total. The molecule has 0 bridgehead atoms. The van der Waals surface area contributed by atoms with E-state index in [1.807, 2.05) is 0 Å². The summed E-state index contributed by atoms with van der Waals surface area (Å²) in [6, 6.07) is 0. The molecule has 0 heterocycles. The Labute approximate surface area is 54.0 Å². The van der Waals surface area contributed by atoms with Gasteiger partial charge in [0.05, 0.1) is 0 Å². The first-order valence-corrected chi connectivity index (χ1v) is 4.19. The summed E-state index contributed by atoms with van der Waals surface area (Å²) in [7, 11) is -3.23. The van der Waals surface area contributed by atoms with Crippen LogP contribution in [0, 0.1) is 12.3 Å². The smallest absolute Gasteiger partial charge is 0.220 e. The molecule has 0 aliphatic rings. The fourth-order valence-corrected chi connectivity index (χ4v) is 0.839. The molecule has 0 radical (unpaired) electrons. The summed E-state index contributed by atoms with van der Waals surface area (Å²) in [6.45, 7) is 0. The van der Waals surface area contributed by atoms with Crippen LogP contribution in [-0.2, 0) is 14.6 Å². The van der Waals surface area contributed by atoms with Crippen LogP contribution in [0.5, 0.6) is 0 Å². The van der Waals surface area contributed by atoms with Crippen molar-refractivity contribution in [3.63, 3.8) is 0 Å². The van der Waals surface area contributed by atoms with Crippen LogP contribution in [0.4, 0.5) is 0 Å². The Morgan fingerprint density at radius 2 is 2.11 bits per heavy atom. The van der Waals surface area contributed by atoms with Gasteiger partial charge in [0.1, 0.15) is 5.75 Å². The van der Waals surface area contributed by atoms with Crippen LogP contribution in [0.25, 0.3) is 0 Å². The second-order valence-corrected chi connectivity index (χ2v) is 3.78. The van der Waals surface area contributed by atoms with E-state index in [4.69, 9.17) is 0 Å². The molecule has 50 valence electrons. The maximum absolute atomic E-state index is 10.3. The number of sulfone groups is 1. The summed E-state index contributed by atoms with van der Waals surface area (Å²) in [6.07, 6.45) is 5.58. The maximum atomic E-state index is 10.3. The van der Waals surface area contributed by atoms with Crippen molar-refractivity contribution < 1.29 is 13.2 Å². The Kier molecular flexibility index (Phi) is 2.41. The Balaban J connectivity index is 4.12. The summed E-state index contributed by atoms with van der Waals surface area (Å²) >= 11 is 0. The molecule has 0 saturated carbocycles. The topological polar surface area (TPSA) is 51.2 Å². The Morgan fingerprint density at radius 1 is 1.67 bits per heavy atom. The van der Waals surface area contributed by atoms with Crippen molar-refractivity contribution in [1.29, 1.82) is 0 Å². The lowest BCUT2D eigenvalue weighted by Crippen LogP contribution is -2.11. The van der Waals surface area contributed by atoms with E-state index in [2.05, 4.69) is 6.42 Å². The second-order valence-electron chi connectivity index (χ2n) is 1.64. The highest BCUT2D eigenvalue weighted by Crippen LogP contribution is 1.81. The molecule has 9 heavy (non-hydrogen) atoms. The van der Waals surface area contributed by atoms with E-state index in [-0.39, 0.29) is 0 Å². The normalized spacial score (nSPS) is 10.2. The van der Waals surface area contributed by atoms with Gasteiger partial charge in [-0.25, -0.2) is 8.42 Å². The molecule has 0 aliphatic heterocycles. The molecule has 0 aromatic carbocycles. The number of carbonyl (C=O) groups excluding carboxylic acids is 1. The molecule has 4 heteroatoms. The lowest BCUT2D eigenvalue weighted by Gasteiger charge is -1.87. The highest BCUT2D eigenvalue weighted by molar-refractivity contribution is 7.91. The van der Waals surface area contributed by atoms with Gasteiger partial charge in [0.2, 0.25) is 5.78 Å². The zero-order valence-electron chi connectivity index (χ0n) is 4.92. The zero-order chi connectivity index (χ0) is 7.49. The van der Waals surface area contributed by atoms with Crippen LogP contribution in [0.15, 0.2) is 0 Å². The van der Waals surface area contributed by atoms with Crippen LogP contribution in [0.2, 0.25) is 0 Å². The van der Waals surface area contributed by atoms with Crippen molar-refractivity contribution in [3.05, 3.63) is 0 Å². The number of terminal acetylenes is 1. The zero-order valence-corrected chi connectivity index (χ0v) is 5.73. The van der Waals surface area contributed by atoms with Crippen LogP contribution in [0.1, 0.15) is 0 Å². The average molecular weight is 146 g/mol. The van der Waals surface area contributed by atoms with Gasteiger partial charge in [0.15, 0.2) is 9.84 Å². The minimum atomic E-state index is -3.23. The standard InChI is InChI=1S/C5H6O3S/c1-3-5(6)4-9(2,7)8/h1H,4H2,2H3. The van der Waals surface area contributed by atoms with Crippen molar-refractivity contribution >= 4 is 15.6 Å². The Hall–Kier alpha value is -0.820. The van der Waals surface area contributed by atoms with Gasteiger partial charge in [-0.1, -0.05) is 0 Å². The van der Waals surface area contributed by atoms with Gasteiger partial charge >= 0.3 is 0 Å². The number of hydrogen-bond acceptors (Lipinski definition) is 3. The first-order valence-electron chi connectivity index (χ1n) is 2.13. The molecule has 0 aromatic heterocycles. The molecular formula is C5H6O3S. The minimum Gasteiger partial charge on any atom is -0.284 e. The Morgan fingerprint density at radius 3 is 2.22 bits per heavy atom. The van der Waals surface area contributed by atoms with Gasteiger partial charge in [-0.15, -0.1) is 6.42 Å². The van der Waals surface area contributed by atoms with E-state index in [9.17, 15) is 13.2 Å². The maximum Gasteiger partial charge on any atom is 0.220 e. The average Bonchev–Trinajstić information content (AvgIpc) is 1.62. The molecule has 0 saturated heterocycles. The predicted octanol–water partition coefficient (Wildman–Crippen LogP) is -0.767. The highest BCUT2D eigenvalue weighted by Gasteiger charge is 2.06. The molecular weight excluding hydrogens is 140 g/mol. The molecule has 3 nitrogen and oxygen atoms in total. The van der Waals surface area contributed by atoms with E-state index >= 15 is 0 Å². The van der Waals surface area contributed by atoms with Crippen molar-refractivity contribution in [2.75, 3.05) is 12.0 Å². The molecule has 0 unspecified atom stereocenters. The molecule has 0 aromatic rings. The van der Waals surface area contributed by atoms with Crippen molar-refractivity contribution in [1.82, 2.24) is 0 Å². The van der Waals surface area contributed by atoms with Crippen LogP contribution in [0.3, 0.4) is 0 Å². The van der Waals surface area contributed by atoms with Crippen molar-refractivity contribution in [2.24, 2.45) is 0 Å². The van der Waals surface area contributed by atoms with Gasteiger partial charge in [0, 0.05) is 6.26 Å². The first kappa shape index (κ1) is 8.18. The summed E-state index contributed by atoms with van der Waals surface area (Å²) in [5.74, 6) is 0.455. The number of ketones is 1. The van der Waals surface area contributed by atoms with Crippen LogP contribution >= 0.6 is 0 Å². The molecule has 0 rings (SSSR count). The quantitative estimate of drug-likeness (QED) is 0.380. The monoisotopic (exact) mass is 146 g/mol. The second kappa shape index (κ2) is 2.65. The summed E-state index contributed by atoms with van der Waals surface area (Å²) in [5, 5.41) is 0. The summed E-state index contributed by atoms with van der Waals surface area (Å²) < 4.78 is 20.6. The van der Waals surface area contributed by atoms with Crippen LogP contribution in [-0.4, -0.2) is 26.2 Å². The molecule has 0 aliphatic carbocycles.